The van der Waals surface area contributed by atoms with Gasteiger partial charge < -0.3 is 9.80 Å². The molecule has 1 saturated heterocycles. The van der Waals surface area contributed by atoms with E-state index < -0.39 is 11.7 Å². The minimum Gasteiger partial charge on any atom is -0.355 e. The Morgan fingerprint density at radius 2 is 1.72 bits per heavy atom. The third kappa shape index (κ3) is 3.94. The number of nitrogens with zero attached hydrogens (tertiary/aromatic N) is 5. The lowest BCUT2D eigenvalue weighted by molar-refractivity contribution is -0.137. The van der Waals surface area contributed by atoms with Crippen LogP contribution in [0.4, 0.5) is 24.8 Å². The summed E-state index contributed by atoms with van der Waals surface area (Å²) < 4.78 is 38.3. The first-order valence-corrected chi connectivity index (χ1v) is 9.29. The molecule has 1 aromatic carbocycles. The normalized spacial score (nSPS) is 15.2. The number of fused-ring (bicyclic) bond motifs is 1. The van der Waals surface area contributed by atoms with Crippen LogP contribution in [0.2, 0.25) is 0 Å². The highest BCUT2D eigenvalue weighted by Gasteiger charge is 2.31. The van der Waals surface area contributed by atoms with Gasteiger partial charge in [-0.25, -0.2) is 9.97 Å². The van der Waals surface area contributed by atoms with Gasteiger partial charge in [-0.3, -0.25) is 0 Å². The van der Waals surface area contributed by atoms with Crippen molar-refractivity contribution in [1.82, 2.24) is 9.97 Å². The number of benzene rings is 1. The first-order valence-electron chi connectivity index (χ1n) is 9.29. The summed E-state index contributed by atoms with van der Waals surface area (Å²) >= 11 is 0. The molecule has 0 bridgehead atoms. The lowest BCUT2D eigenvalue weighted by Gasteiger charge is -2.24. The van der Waals surface area contributed by atoms with Gasteiger partial charge in [0.2, 0.25) is 0 Å². The van der Waals surface area contributed by atoms with Crippen LogP contribution in [0.5, 0.6) is 0 Å². The van der Waals surface area contributed by atoms with Crippen molar-refractivity contribution in [3.63, 3.8) is 0 Å². The molecular formula is C21H18F3N5. The van der Waals surface area contributed by atoms with Gasteiger partial charge in [-0.15, -0.1) is 0 Å². The smallest absolute Gasteiger partial charge is 0.355 e. The number of pyridine rings is 2. The fourth-order valence-electron chi connectivity index (χ4n) is 3.53. The van der Waals surface area contributed by atoms with Crippen LogP contribution < -0.4 is 9.80 Å². The van der Waals surface area contributed by atoms with Crippen LogP contribution in [-0.4, -0.2) is 36.1 Å². The molecule has 0 radical (unpaired) electrons. The van der Waals surface area contributed by atoms with Crippen LogP contribution in [0.1, 0.15) is 17.5 Å². The van der Waals surface area contributed by atoms with Crippen molar-refractivity contribution in [1.29, 1.82) is 5.26 Å². The molecule has 1 aliphatic rings. The summed E-state index contributed by atoms with van der Waals surface area (Å²) in [7, 11) is 0. The Bertz CT molecular complexity index is 1060. The minimum atomic E-state index is -4.39. The molecule has 148 valence electrons. The number of para-hydroxylation sites is 1. The maximum absolute atomic E-state index is 12.8. The van der Waals surface area contributed by atoms with Crippen molar-refractivity contribution in [2.45, 2.75) is 12.6 Å². The van der Waals surface area contributed by atoms with Crippen molar-refractivity contribution in [3.8, 4) is 6.07 Å². The zero-order chi connectivity index (χ0) is 20.4. The summed E-state index contributed by atoms with van der Waals surface area (Å²) in [5, 5.41) is 10.5. The summed E-state index contributed by atoms with van der Waals surface area (Å²) in [4.78, 5) is 12.7. The predicted molar refractivity (Wildman–Crippen MR) is 105 cm³/mol. The largest absolute Gasteiger partial charge is 0.417 e. The molecule has 1 aliphatic heterocycles. The van der Waals surface area contributed by atoms with Crippen LogP contribution >= 0.6 is 0 Å². The quantitative estimate of drug-likeness (QED) is 0.648. The van der Waals surface area contributed by atoms with Crippen molar-refractivity contribution >= 4 is 22.5 Å². The molecule has 2 aromatic heterocycles. The molecule has 8 heteroatoms. The summed E-state index contributed by atoms with van der Waals surface area (Å²) in [6.45, 7) is 2.56. The number of rotatable bonds is 2. The lowest BCUT2D eigenvalue weighted by atomic mass is 10.1. The second-order valence-electron chi connectivity index (χ2n) is 6.89. The molecule has 0 spiro atoms. The summed E-state index contributed by atoms with van der Waals surface area (Å²) in [6, 6.07) is 14.2. The van der Waals surface area contributed by atoms with Gasteiger partial charge >= 0.3 is 6.18 Å². The average molecular weight is 397 g/mol. The van der Waals surface area contributed by atoms with Crippen molar-refractivity contribution < 1.29 is 13.2 Å². The first kappa shape index (κ1) is 19.0. The van der Waals surface area contributed by atoms with Crippen molar-refractivity contribution in [2.75, 3.05) is 36.0 Å². The van der Waals surface area contributed by atoms with Gasteiger partial charge in [0.25, 0.3) is 0 Å². The second kappa shape index (κ2) is 7.59. The number of alkyl halides is 3. The topological polar surface area (TPSA) is 56.1 Å². The maximum Gasteiger partial charge on any atom is 0.417 e. The van der Waals surface area contributed by atoms with Crippen molar-refractivity contribution in [2.24, 2.45) is 0 Å². The Morgan fingerprint density at radius 3 is 2.45 bits per heavy atom. The van der Waals surface area contributed by atoms with E-state index in [1.807, 2.05) is 35.2 Å². The van der Waals surface area contributed by atoms with Crippen LogP contribution in [0.3, 0.4) is 0 Å². The van der Waals surface area contributed by atoms with E-state index in [1.165, 1.54) is 6.07 Å². The maximum atomic E-state index is 12.8. The van der Waals surface area contributed by atoms with Gasteiger partial charge in [-0.1, -0.05) is 18.2 Å². The highest BCUT2D eigenvalue weighted by molar-refractivity contribution is 5.83. The molecule has 4 rings (SSSR count). The molecular weight excluding hydrogens is 379 g/mol. The molecule has 0 N–H and O–H groups in total. The summed E-state index contributed by atoms with van der Waals surface area (Å²) in [6.07, 6.45) is -2.74. The SMILES string of the molecule is N#Cc1cc2ccccc2nc1N1CCCN(c2ccc(C(F)(F)F)cn2)CC1. The highest BCUT2D eigenvalue weighted by Crippen LogP contribution is 2.30. The number of hydrogen-bond donors (Lipinski definition) is 0. The molecule has 0 saturated carbocycles. The third-order valence-corrected chi connectivity index (χ3v) is 5.02. The van der Waals surface area contributed by atoms with E-state index in [1.54, 1.807) is 0 Å². The van der Waals surface area contributed by atoms with Crippen molar-refractivity contribution in [3.05, 3.63) is 59.8 Å². The Balaban J connectivity index is 1.55. The second-order valence-corrected chi connectivity index (χ2v) is 6.89. The van der Waals surface area contributed by atoms with E-state index in [9.17, 15) is 18.4 Å². The van der Waals surface area contributed by atoms with Gasteiger partial charge in [0.1, 0.15) is 17.7 Å². The Kier molecular flexibility index (Phi) is 4.97. The minimum absolute atomic E-state index is 0.518. The van der Waals surface area contributed by atoms with E-state index in [0.29, 0.717) is 43.4 Å². The highest BCUT2D eigenvalue weighted by atomic mass is 19.4. The van der Waals surface area contributed by atoms with Gasteiger partial charge in [0.15, 0.2) is 0 Å². The zero-order valence-electron chi connectivity index (χ0n) is 15.5. The zero-order valence-corrected chi connectivity index (χ0v) is 15.5. The number of halogens is 3. The predicted octanol–water partition coefficient (Wildman–Crippen LogP) is 4.24. The van der Waals surface area contributed by atoms with Gasteiger partial charge in [0.05, 0.1) is 16.6 Å². The van der Waals surface area contributed by atoms with E-state index in [4.69, 9.17) is 4.98 Å². The van der Waals surface area contributed by atoms with E-state index in [2.05, 4.69) is 16.0 Å². The lowest BCUT2D eigenvalue weighted by Crippen LogP contribution is -2.32. The molecule has 1 fully saturated rings. The number of hydrogen-bond acceptors (Lipinski definition) is 5. The molecule has 5 nitrogen and oxygen atoms in total. The van der Waals surface area contributed by atoms with Gasteiger partial charge in [-0.2, -0.15) is 18.4 Å². The Morgan fingerprint density at radius 1 is 0.966 bits per heavy atom. The molecule has 0 unspecified atom stereocenters. The van der Waals surface area contributed by atoms with Gasteiger partial charge in [-0.05, 0) is 30.7 Å². The third-order valence-electron chi connectivity index (χ3n) is 5.02. The molecule has 0 atom stereocenters. The molecule has 3 aromatic rings. The van der Waals surface area contributed by atoms with Crippen LogP contribution in [0.15, 0.2) is 48.7 Å². The van der Waals surface area contributed by atoms with Crippen LogP contribution in [-0.2, 0) is 6.18 Å². The standard InChI is InChI=1S/C21H18F3N5/c22-21(23,24)17-6-7-19(26-14-17)28-8-3-9-29(11-10-28)20-16(13-25)12-15-4-1-2-5-18(15)27-20/h1-2,4-7,12,14H,3,8-11H2. The molecule has 3 heterocycles. The first-order chi connectivity index (χ1) is 14.0. The van der Waals surface area contributed by atoms with Crippen LogP contribution in [0.25, 0.3) is 10.9 Å². The summed E-state index contributed by atoms with van der Waals surface area (Å²) in [5.74, 6) is 1.17. The Labute approximate surface area is 166 Å². The molecule has 29 heavy (non-hydrogen) atoms. The average Bonchev–Trinajstić information content (AvgIpc) is 2.98. The van der Waals surface area contributed by atoms with E-state index in [-0.39, 0.29) is 0 Å². The number of aromatic nitrogens is 2. The van der Waals surface area contributed by atoms with Crippen LogP contribution in [0, 0.1) is 11.3 Å². The van der Waals surface area contributed by atoms with E-state index in [0.717, 1.165) is 29.6 Å². The van der Waals surface area contributed by atoms with E-state index >= 15 is 0 Å². The fourth-order valence-corrected chi connectivity index (χ4v) is 3.53. The Hall–Kier alpha value is -3.34. The molecule has 0 aliphatic carbocycles. The number of nitriles is 1. The van der Waals surface area contributed by atoms with Gasteiger partial charge in [0, 0.05) is 37.8 Å². The fraction of sp³-hybridized carbons (Fsp3) is 0.286. The molecule has 0 amide bonds. The number of anilines is 2. The monoisotopic (exact) mass is 397 g/mol. The summed E-state index contributed by atoms with van der Waals surface area (Å²) in [5.41, 5.74) is 0.591.